The molecule has 1 saturated heterocycles. The number of pyridine rings is 1. The molecule has 3 heterocycles. The lowest BCUT2D eigenvalue weighted by Gasteiger charge is -2.37. The molecule has 3 aromatic rings. The van der Waals surface area contributed by atoms with Crippen molar-refractivity contribution < 1.29 is 27.9 Å². The zero-order valence-corrected chi connectivity index (χ0v) is 19.4. The number of carbonyl (C=O) groups excluding carboxylic acids is 1. The van der Waals surface area contributed by atoms with E-state index in [1.165, 1.54) is 22.7 Å². The van der Waals surface area contributed by atoms with E-state index < -0.39 is 12.1 Å². The van der Waals surface area contributed by atoms with Gasteiger partial charge < -0.3 is 10.0 Å². The molecule has 5 rings (SSSR count). The van der Waals surface area contributed by atoms with E-state index in [1.54, 1.807) is 6.20 Å². The number of aliphatic carboxylic acids is 1. The quantitative estimate of drug-likeness (QED) is 0.585. The molecule has 0 saturated carbocycles. The van der Waals surface area contributed by atoms with Gasteiger partial charge >= 0.3 is 12.1 Å². The molecular formula is C24H23F3N4O3S. The molecule has 0 atom stereocenters. The molecule has 35 heavy (non-hydrogen) atoms. The smallest absolute Gasteiger partial charge is 0.475 e. The first kappa shape index (κ1) is 24.8. The molecule has 7 nitrogen and oxygen atoms in total. The number of benzene rings is 1. The van der Waals surface area contributed by atoms with E-state index in [9.17, 15) is 18.0 Å². The van der Waals surface area contributed by atoms with Gasteiger partial charge in [0.15, 0.2) is 0 Å². The van der Waals surface area contributed by atoms with Crippen LogP contribution in [0, 0.1) is 0 Å². The largest absolute Gasteiger partial charge is 0.490 e. The van der Waals surface area contributed by atoms with Crippen LogP contribution in [-0.2, 0) is 17.6 Å². The minimum atomic E-state index is -5.08. The van der Waals surface area contributed by atoms with E-state index in [1.807, 2.05) is 29.2 Å². The number of piperazine rings is 1. The van der Waals surface area contributed by atoms with Crippen molar-refractivity contribution in [2.45, 2.75) is 25.1 Å². The molecule has 2 aliphatic rings. The Morgan fingerprint density at radius 1 is 0.943 bits per heavy atom. The van der Waals surface area contributed by atoms with E-state index in [0.717, 1.165) is 50.4 Å². The Morgan fingerprint density at radius 3 is 2.09 bits per heavy atom. The second-order valence-electron chi connectivity index (χ2n) is 8.25. The first-order valence-electron chi connectivity index (χ1n) is 11.0. The van der Waals surface area contributed by atoms with Gasteiger partial charge in [-0.2, -0.15) is 17.5 Å². The van der Waals surface area contributed by atoms with Crippen molar-refractivity contribution in [3.63, 3.8) is 0 Å². The molecule has 0 radical (unpaired) electrons. The standard InChI is InChI=1S/C22H22N4OS.C2HF3O2/c27-22(21-15-20(24-28-21)19-7-3-4-8-23-19)26-11-9-25(10-12-26)18-13-16-5-1-2-6-17(16)14-18;3-2(4,5)1(6)7/h1-8,15,18H,9-14H2;(H,6,7). The number of carbonyl (C=O) groups is 2. The number of hydrogen-bond acceptors (Lipinski definition) is 6. The average Bonchev–Trinajstić information content (AvgIpc) is 3.52. The molecule has 0 unspecified atom stereocenters. The van der Waals surface area contributed by atoms with Crippen LogP contribution < -0.4 is 0 Å². The first-order valence-corrected chi connectivity index (χ1v) is 11.8. The third-order valence-electron chi connectivity index (χ3n) is 6.04. The highest BCUT2D eigenvalue weighted by molar-refractivity contribution is 7.08. The summed E-state index contributed by atoms with van der Waals surface area (Å²) in [7, 11) is 0. The number of carboxylic acids is 1. The second kappa shape index (κ2) is 10.5. The van der Waals surface area contributed by atoms with E-state index in [-0.39, 0.29) is 5.91 Å². The number of halogens is 3. The molecule has 0 bridgehead atoms. The number of hydrogen-bond donors (Lipinski definition) is 1. The van der Waals surface area contributed by atoms with Gasteiger partial charge in [-0.05, 0) is 53.7 Å². The van der Waals surface area contributed by atoms with Crippen LogP contribution in [0.3, 0.4) is 0 Å². The van der Waals surface area contributed by atoms with E-state index in [2.05, 4.69) is 38.5 Å². The van der Waals surface area contributed by atoms with Gasteiger partial charge in [-0.1, -0.05) is 30.3 Å². The third kappa shape index (κ3) is 6.04. The summed E-state index contributed by atoms with van der Waals surface area (Å²) in [6.45, 7) is 3.44. The van der Waals surface area contributed by atoms with Crippen molar-refractivity contribution in [1.82, 2.24) is 19.2 Å². The fourth-order valence-electron chi connectivity index (χ4n) is 4.25. The first-order chi connectivity index (χ1) is 16.7. The molecule has 1 aliphatic heterocycles. The Morgan fingerprint density at radius 2 is 1.54 bits per heavy atom. The van der Waals surface area contributed by atoms with Crippen molar-refractivity contribution in [3.05, 3.63) is 70.7 Å². The van der Waals surface area contributed by atoms with E-state index >= 15 is 0 Å². The highest BCUT2D eigenvalue weighted by Crippen LogP contribution is 2.27. The summed E-state index contributed by atoms with van der Waals surface area (Å²) in [5.41, 5.74) is 4.55. The van der Waals surface area contributed by atoms with Gasteiger partial charge in [0.05, 0.1) is 5.69 Å². The molecule has 1 N–H and O–H groups in total. The maximum atomic E-state index is 12.9. The Labute approximate surface area is 204 Å². The van der Waals surface area contributed by atoms with Crippen LogP contribution in [0.5, 0.6) is 0 Å². The molecular weight excluding hydrogens is 481 g/mol. The molecule has 2 aromatic heterocycles. The zero-order valence-electron chi connectivity index (χ0n) is 18.6. The maximum Gasteiger partial charge on any atom is 0.490 e. The Bertz CT molecular complexity index is 1150. The molecule has 1 fully saturated rings. The monoisotopic (exact) mass is 504 g/mol. The maximum absolute atomic E-state index is 12.9. The lowest BCUT2D eigenvalue weighted by Crippen LogP contribution is -2.52. The van der Waals surface area contributed by atoms with Crippen LogP contribution in [-0.4, -0.2) is 74.5 Å². The Hall–Kier alpha value is -3.31. The fourth-order valence-corrected chi connectivity index (χ4v) is 4.97. The van der Waals surface area contributed by atoms with Crippen LogP contribution in [0.2, 0.25) is 0 Å². The van der Waals surface area contributed by atoms with Crippen LogP contribution in [0.4, 0.5) is 13.2 Å². The minimum absolute atomic E-state index is 0.0917. The van der Waals surface area contributed by atoms with E-state index in [0.29, 0.717) is 10.9 Å². The van der Waals surface area contributed by atoms with Crippen LogP contribution in [0.15, 0.2) is 54.7 Å². The Kier molecular flexibility index (Phi) is 7.46. The van der Waals surface area contributed by atoms with E-state index in [4.69, 9.17) is 9.90 Å². The van der Waals surface area contributed by atoms with Gasteiger partial charge in [0.2, 0.25) is 0 Å². The number of rotatable bonds is 3. The fraction of sp³-hybridized carbons (Fsp3) is 0.333. The van der Waals surface area contributed by atoms with Crippen molar-refractivity contribution in [1.29, 1.82) is 0 Å². The summed E-state index contributed by atoms with van der Waals surface area (Å²) in [4.78, 5) is 31.3. The summed E-state index contributed by atoms with van der Waals surface area (Å²) in [6.07, 6.45) is -1.07. The molecule has 1 aromatic carbocycles. The van der Waals surface area contributed by atoms with Gasteiger partial charge in [-0.25, -0.2) is 4.79 Å². The number of fused-ring (bicyclic) bond motifs is 1. The SMILES string of the molecule is O=C(O)C(F)(F)F.O=C(c1cc(-c2ccccn2)ns1)N1CCN(C2Cc3ccccc3C2)CC1. The summed E-state index contributed by atoms with van der Waals surface area (Å²) >= 11 is 1.27. The minimum Gasteiger partial charge on any atom is -0.475 e. The molecule has 11 heteroatoms. The lowest BCUT2D eigenvalue weighted by molar-refractivity contribution is -0.192. The van der Waals surface area contributed by atoms with Gasteiger partial charge in [-0.15, -0.1) is 0 Å². The molecule has 1 aliphatic carbocycles. The summed E-state index contributed by atoms with van der Waals surface area (Å²) in [5.74, 6) is -2.67. The van der Waals surface area contributed by atoms with Gasteiger partial charge in [0.25, 0.3) is 5.91 Å². The lowest BCUT2D eigenvalue weighted by atomic mass is 10.1. The highest BCUT2D eigenvalue weighted by Gasteiger charge is 2.38. The number of alkyl halides is 3. The molecule has 184 valence electrons. The van der Waals surface area contributed by atoms with Crippen molar-refractivity contribution in [2.75, 3.05) is 26.2 Å². The molecule has 1 amide bonds. The summed E-state index contributed by atoms with van der Waals surface area (Å²) in [6, 6.07) is 16.9. The van der Waals surface area contributed by atoms with Gasteiger partial charge in [-0.3, -0.25) is 14.7 Å². The highest BCUT2D eigenvalue weighted by atomic mass is 32.1. The second-order valence-corrected chi connectivity index (χ2v) is 9.06. The normalized spacial score (nSPS) is 16.4. The number of amides is 1. The topological polar surface area (TPSA) is 86.6 Å². The predicted molar refractivity (Wildman–Crippen MR) is 124 cm³/mol. The van der Waals surface area contributed by atoms with Gasteiger partial charge in [0, 0.05) is 38.4 Å². The summed E-state index contributed by atoms with van der Waals surface area (Å²) < 4.78 is 36.2. The van der Waals surface area contributed by atoms with Crippen molar-refractivity contribution >= 4 is 23.4 Å². The van der Waals surface area contributed by atoms with Crippen LogP contribution >= 0.6 is 11.5 Å². The third-order valence-corrected chi connectivity index (χ3v) is 6.82. The van der Waals surface area contributed by atoms with Crippen molar-refractivity contribution in [2.24, 2.45) is 0 Å². The average molecular weight is 505 g/mol. The number of carboxylic acid groups (broad SMARTS) is 1. The van der Waals surface area contributed by atoms with Crippen LogP contribution in [0.25, 0.3) is 11.4 Å². The zero-order chi connectivity index (χ0) is 25.0. The predicted octanol–water partition coefficient (Wildman–Crippen LogP) is 3.76. The van der Waals surface area contributed by atoms with Crippen LogP contribution in [0.1, 0.15) is 20.8 Å². The number of aromatic nitrogens is 2. The Balaban J connectivity index is 0.000000364. The summed E-state index contributed by atoms with van der Waals surface area (Å²) in [5, 5.41) is 7.12. The number of nitrogens with zero attached hydrogens (tertiary/aromatic N) is 4. The van der Waals surface area contributed by atoms with Gasteiger partial charge in [0.1, 0.15) is 10.6 Å². The molecule has 0 spiro atoms. The van der Waals surface area contributed by atoms with Crippen molar-refractivity contribution in [3.8, 4) is 11.4 Å².